The first kappa shape index (κ1) is 28.3. The Labute approximate surface area is 252 Å². The van der Waals surface area contributed by atoms with Crippen LogP contribution in [0.2, 0.25) is 0 Å². The molecule has 1 atom stereocenters. The Morgan fingerprint density at radius 3 is 2.59 bits per heavy atom. The van der Waals surface area contributed by atoms with E-state index < -0.39 is 12.2 Å². The molecular weight excluding hydrogens is 568 g/mol. The molecule has 0 amide bonds. The highest BCUT2D eigenvalue weighted by Gasteiger charge is 2.32. The van der Waals surface area contributed by atoms with Crippen LogP contribution in [0.1, 0.15) is 56.2 Å². The highest BCUT2D eigenvalue weighted by Crippen LogP contribution is 2.39. The van der Waals surface area contributed by atoms with Crippen LogP contribution in [0.25, 0.3) is 34.1 Å². The number of hydrogen-bond acceptors (Lipinski definition) is 8. The molecule has 12 heteroatoms. The van der Waals surface area contributed by atoms with Crippen LogP contribution in [0.3, 0.4) is 0 Å². The molecule has 7 rings (SSSR count). The van der Waals surface area contributed by atoms with Gasteiger partial charge in [0.05, 0.1) is 19.3 Å². The van der Waals surface area contributed by atoms with Crippen LogP contribution in [0, 0.1) is 11.8 Å². The number of aromatic amines is 1. The van der Waals surface area contributed by atoms with Crippen molar-refractivity contribution in [3.05, 3.63) is 76.3 Å². The molecule has 0 unspecified atom stereocenters. The summed E-state index contributed by atoms with van der Waals surface area (Å²) in [5.41, 5.74) is 2.95. The van der Waals surface area contributed by atoms with Crippen molar-refractivity contribution in [2.24, 2.45) is 11.8 Å². The monoisotopic (exact) mass is 601 g/mol. The fourth-order valence-electron chi connectivity index (χ4n) is 6.44. The van der Waals surface area contributed by atoms with Gasteiger partial charge in [-0.25, -0.2) is 23.5 Å². The molecule has 2 aromatic carbocycles. The number of rotatable bonds is 7. The van der Waals surface area contributed by atoms with Crippen LogP contribution in [-0.4, -0.2) is 49.4 Å². The number of morpholine rings is 1. The first-order valence-electron chi connectivity index (χ1n) is 15.1. The number of anilines is 1. The maximum Gasteiger partial charge on any atom is 0.439 e. The first-order chi connectivity index (χ1) is 21.4. The second-order valence-electron chi connectivity index (χ2n) is 11.8. The number of alkyl halides is 2. The maximum absolute atomic E-state index is 13.9. The third-order valence-corrected chi connectivity index (χ3v) is 8.79. The van der Waals surface area contributed by atoms with E-state index in [-0.39, 0.29) is 23.3 Å². The van der Waals surface area contributed by atoms with Gasteiger partial charge in [0.1, 0.15) is 11.2 Å². The summed E-state index contributed by atoms with van der Waals surface area (Å²) in [4.78, 5) is 31.2. The minimum absolute atomic E-state index is 0.0362. The van der Waals surface area contributed by atoms with Gasteiger partial charge in [0.25, 0.3) is 6.43 Å². The second-order valence-corrected chi connectivity index (χ2v) is 11.8. The first-order valence-corrected chi connectivity index (χ1v) is 15.1. The Bertz CT molecular complexity index is 1810. The molecule has 4 heterocycles. The van der Waals surface area contributed by atoms with Gasteiger partial charge in [0.2, 0.25) is 17.6 Å². The summed E-state index contributed by atoms with van der Waals surface area (Å²) in [5.74, 6) is 1.20. The minimum Gasteiger partial charge on any atom is -0.377 e. The highest BCUT2D eigenvalue weighted by atomic mass is 19.3. The van der Waals surface area contributed by atoms with Crippen LogP contribution >= 0.6 is 0 Å². The molecule has 3 aromatic heterocycles. The molecule has 10 nitrogen and oxygen atoms in total. The lowest BCUT2D eigenvalue weighted by Gasteiger charge is -2.37. The molecule has 5 aromatic rings. The molecule has 0 spiro atoms. The van der Waals surface area contributed by atoms with Gasteiger partial charge in [-0.15, -0.1) is 0 Å². The van der Waals surface area contributed by atoms with Crippen molar-refractivity contribution < 1.29 is 18.0 Å². The smallest absolute Gasteiger partial charge is 0.377 e. The zero-order valence-electron chi connectivity index (χ0n) is 24.3. The number of fused-ring (bicyclic) bond motifs is 1. The Balaban J connectivity index is 1.46. The van der Waals surface area contributed by atoms with E-state index in [1.165, 1.54) is 12.1 Å². The number of nitrogens with one attached hydrogen (secondary N) is 1. The highest BCUT2D eigenvalue weighted by molar-refractivity contribution is 5.91. The molecular formula is C32H33F2N7O3. The molecule has 1 N–H and O–H groups in total. The molecule has 1 aliphatic heterocycles. The number of benzene rings is 2. The molecule has 1 saturated heterocycles. The number of aromatic nitrogens is 6. The Kier molecular flexibility index (Phi) is 7.67. The van der Waals surface area contributed by atoms with Crippen molar-refractivity contribution in [3.8, 4) is 22.9 Å². The van der Waals surface area contributed by atoms with Crippen LogP contribution in [0.5, 0.6) is 0 Å². The van der Waals surface area contributed by atoms with Crippen molar-refractivity contribution in [1.82, 2.24) is 29.7 Å². The number of imidazole rings is 1. The SMILES string of the molecule is C[C@H]1CC[C@H](Cn2c(N3CCOC[C@H]3c3ccccc3)nc3nc(-c4noc(=O)[nH]4)nc(-c4cccc(C(F)F)c4)c32)CC1. The number of ether oxygens (including phenoxy) is 1. The lowest BCUT2D eigenvalue weighted by Crippen LogP contribution is -2.41. The molecule has 44 heavy (non-hydrogen) atoms. The number of halogens is 2. The van der Waals surface area contributed by atoms with Crippen molar-refractivity contribution in [3.63, 3.8) is 0 Å². The Morgan fingerprint density at radius 2 is 1.84 bits per heavy atom. The van der Waals surface area contributed by atoms with Gasteiger partial charge in [-0.2, -0.15) is 4.98 Å². The number of H-pyrrole nitrogens is 1. The average molecular weight is 602 g/mol. The second kappa shape index (κ2) is 11.9. The Hall–Kier alpha value is -4.45. The number of nitrogens with zero attached hydrogens (tertiary/aromatic N) is 6. The molecule has 1 aliphatic carbocycles. The zero-order valence-corrected chi connectivity index (χ0v) is 24.3. The van der Waals surface area contributed by atoms with Gasteiger partial charge in [-0.3, -0.25) is 9.51 Å². The summed E-state index contributed by atoms with van der Waals surface area (Å²) in [6.45, 7) is 4.62. The summed E-state index contributed by atoms with van der Waals surface area (Å²) in [7, 11) is 0. The van der Waals surface area contributed by atoms with E-state index in [1.807, 2.05) is 18.2 Å². The van der Waals surface area contributed by atoms with Gasteiger partial charge >= 0.3 is 5.76 Å². The lowest BCUT2D eigenvalue weighted by atomic mass is 9.83. The van der Waals surface area contributed by atoms with Crippen LogP contribution in [0.4, 0.5) is 14.7 Å². The van der Waals surface area contributed by atoms with E-state index in [1.54, 1.807) is 12.1 Å². The normalized spacial score (nSPS) is 20.9. The largest absolute Gasteiger partial charge is 0.439 e. The van der Waals surface area contributed by atoms with Gasteiger partial charge in [-0.05, 0) is 36.3 Å². The third-order valence-electron chi connectivity index (χ3n) is 8.79. The van der Waals surface area contributed by atoms with Gasteiger partial charge in [-0.1, -0.05) is 73.5 Å². The lowest BCUT2D eigenvalue weighted by molar-refractivity contribution is 0.0927. The van der Waals surface area contributed by atoms with E-state index >= 15 is 0 Å². The van der Waals surface area contributed by atoms with Gasteiger partial charge in [0, 0.05) is 24.2 Å². The molecule has 2 aliphatic rings. The number of hydrogen-bond donors (Lipinski definition) is 1. The van der Waals surface area contributed by atoms with E-state index in [9.17, 15) is 13.6 Å². The third kappa shape index (κ3) is 5.49. The van der Waals surface area contributed by atoms with Crippen LogP contribution < -0.4 is 10.7 Å². The van der Waals surface area contributed by atoms with Crippen molar-refractivity contribution in [1.29, 1.82) is 0 Å². The molecule has 0 radical (unpaired) electrons. The molecule has 0 bridgehead atoms. The zero-order chi connectivity index (χ0) is 30.2. The van der Waals surface area contributed by atoms with Gasteiger partial charge < -0.3 is 14.2 Å². The van der Waals surface area contributed by atoms with E-state index in [2.05, 4.69) is 38.7 Å². The molecule has 228 valence electrons. The topological polar surface area (TPSA) is 115 Å². The summed E-state index contributed by atoms with van der Waals surface area (Å²) in [6, 6.07) is 16.3. The van der Waals surface area contributed by atoms with E-state index in [4.69, 9.17) is 24.2 Å². The van der Waals surface area contributed by atoms with Crippen molar-refractivity contribution in [2.45, 2.75) is 51.6 Å². The standard InChI is InChI=1S/C32H33F2N7O3/c1-19-10-12-20(13-11-19)17-41-26-25(22-8-5-9-23(16-22)27(33)34)35-29(30-38-32(42)44-39-30)36-28(26)37-31(41)40-14-15-43-18-24(40)21-6-3-2-4-7-21/h2-9,16,19-20,24,27H,10-15,17-18H2,1H3,(H,38,39,42)/t19-,20-,24-/m0/s1. The molecule has 1 saturated carbocycles. The van der Waals surface area contributed by atoms with E-state index in [0.29, 0.717) is 60.6 Å². The molecule has 2 fully saturated rings. The predicted molar refractivity (Wildman–Crippen MR) is 160 cm³/mol. The maximum atomic E-state index is 13.9. The predicted octanol–water partition coefficient (Wildman–Crippen LogP) is 6.18. The quantitative estimate of drug-likeness (QED) is 0.235. The van der Waals surface area contributed by atoms with Crippen molar-refractivity contribution >= 4 is 17.1 Å². The fourth-order valence-corrected chi connectivity index (χ4v) is 6.44. The summed E-state index contributed by atoms with van der Waals surface area (Å²) in [5, 5.41) is 3.80. The summed E-state index contributed by atoms with van der Waals surface area (Å²) >= 11 is 0. The van der Waals surface area contributed by atoms with Crippen molar-refractivity contribution in [2.75, 3.05) is 24.7 Å². The van der Waals surface area contributed by atoms with Crippen LogP contribution in [-0.2, 0) is 11.3 Å². The Morgan fingerprint density at radius 1 is 1.02 bits per heavy atom. The minimum atomic E-state index is -2.65. The van der Waals surface area contributed by atoms with Crippen LogP contribution in [0.15, 0.2) is 63.9 Å². The summed E-state index contributed by atoms with van der Waals surface area (Å²) < 4.78 is 40.6. The van der Waals surface area contributed by atoms with Gasteiger partial charge in [0.15, 0.2) is 5.65 Å². The fraction of sp³-hybridized carbons (Fsp3) is 0.406. The average Bonchev–Trinajstić information content (AvgIpc) is 3.65. The van der Waals surface area contributed by atoms with E-state index in [0.717, 1.165) is 37.2 Å². The summed E-state index contributed by atoms with van der Waals surface area (Å²) in [6.07, 6.45) is 1.82.